The molecule has 0 aliphatic rings. The fourth-order valence-electron chi connectivity index (χ4n) is 1.72. The summed E-state index contributed by atoms with van der Waals surface area (Å²) in [6, 6.07) is 4.99. The molecule has 0 aliphatic heterocycles. The molecule has 2 rings (SSSR count). The number of hydrogen-bond donors (Lipinski definition) is 2. The maximum atomic E-state index is 13.0. The van der Waals surface area contributed by atoms with Gasteiger partial charge in [-0.25, -0.2) is 4.79 Å². The number of nitrogens with zero attached hydrogens (tertiary/aromatic N) is 2. The lowest BCUT2D eigenvalue weighted by Crippen LogP contribution is -2.35. The van der Waals surface area contributed by atoms with Crippen LogP contribution in [-0.4, -0.2) is 34.6 Å². The Morgan fingerprint density at radius 2 is 1.96 bits per heavy atom. The first-order chi connectivity index (χ1) is 12.2. The Bertz CT molecular complexity index is 798. The number of thioether (sulfide) groups is 1. The van der Waals surface area contributed by atoms with Crippen molar-refractivity contribution in [3.63, 3.8) is 0 Å². The third kappa shape index (κ3) is 5.33. The summed E-state index contributed by atoms with van der Waals surface area (Å²) in [6.45, 7) is 1.54. The maximum Gasteiger partial charge on any atom is 0.418 e. The Morgan fingerprint density at radius 1 is 1.27 bits per heavy atom. The molecular formula is C14H13F3N4O3S2. The van der Waals surface area contributed by atoms with Crippen LogP contribution in [0.15, 0.2) is 28.6 Å². The topological polar surface area (TPSA) is 93.2 Å². The number of ether oxygens (including phenoxy) is 1. The number of aromatic nitrogens is 2. The monoisotopic (exact) mass is 406 g/mol. The van der Waals surface area contributed by atoms with Crippen LogP contribution in [0.25, 0.3) is 0 Å². The van der Waals surface area contributed by atoms with Gasteiger partial charge in [0, 0.05) is 0 Å². The highest BCUT2D eigenvalue weighted by Crippen LogP contribution is 2.37. The zero-order valence-electron chi connectivity index (χ0n) is 13.5. The van der Waals surface area contributed by atoms with E-state index in [0.717, 1.165) is 36.3 Å². The number of alkyl carbamates (subject to hydrolysis) is 1. The third-order valence-electron chi connectivity index (χ3n) is 2.94. The molecule has 0 saturated carbocycles. The molecule has 0 spiro atoms. The first-order valence-electron chi connectivity index (χ1n) is 7.03. The molecule has 1 aromatic heterocycles. The molecule has 1 atom stereocenters. The number of carbonyl (C=O) groups excluding carboxylic acids is 2. The summed E-state index contributed by atoms with van der Waals surface area (Å²) < 4.78 is 43.6. The van der Waals surface area contributed by atoms with E-state index in [1.54, 1.807) is 0 Å². The van der Waals surface area contributed by atoms with Crippen molar-refractivity contribution in [2.45, 2.75) is 22.7 Å². The fourth-order valence-corrected chi connectivity index (χ4v) is 3.63. The van der Waals surface area contributed by atoms with Crippen LogP contribution >= 0.6 is 23.1 Å². The van der Waals surface area contributed by atoms with Crippen molar-refractivity contribution in [2.24, 2.45) is 0 Å². The average molecular weight is 406 g/mol. The molecule has 7 nitrogen and oxygen atoms in total. The highest BCUT2D eigenvalue weighted by molar-refractivity contribution is 8.02. The molecule has 0 fully saturated rings. The second-order valence-electron chi connectivity index (χ2n) is 4.78. The largest absolute Gasteiger partial charge is 0.453 e. The van der Waals surface area contributed by atoms with Crippen LogP contribution in [0.5, 0.6) is 0 Å². The number of imide groups is 1. The number of amides is 2. The van der Waals surface area contributed by atoms with Gasteiger partial charge in [-0.3, -0.25) is 10.1 Å². The van der Waals surface area contributed by atoms with Crippen LogP contribution in [0, 0.1) is 0 Å². The van der Waals surface area contributed by atoms with E-state index in [4.69, 9.17) is 0 Å². The van der Waals surface area contributed by atoms with Gasteiger partial charge in [0.25, 0.3) is 0 Å². The van der Waals surface area contributed by atoms with E-state index in [2.05, 4.69) is 20.3 Å². The van der Waals surface area contributed by atoms with Gasteiger partial charge in [-0.2, -0.15) is 13.2 Å². The van der Waals surface area contributed by atoms with Crippen molar-refractivity contribution in [3.8, 4) is 0 Å². The van der Waals surface area contributed by atoms with Crippen LogP contribution in [0.2, 0.25) is 0 Å². The van der Waals surface area contributed by atoms with Crippen LogP contribution in [0.4, 0.5) is 28.8 Å². The van der Waals surface area contributed by atoms with Crippen molar-refractivity contribution in [1.29, 1.82) is 0 Å². The molecule has 0 bridgehead atoms. The highest BCUT2D eigenvalue weighted by atomic mass is 32.2. The van der Waals surface area contributed by atoms with E-state index in [1.165, 1.54) is 25.1 Å². The summed E-state index contributed by atoms with van der Waals surface area (Å²) in [5.41, 5.74) is -0.973. The predicted molar refractivity (Wildman–Crippen MR) is 90.5 cm³/mol. The molecule has 2 aromatic rings. The lowest BCUT2D eigenvalue weighted by atomic mass is 10.2. The van der Waals surface area contributed by atoms with E-state index in [1.807, 2.05) is 5.32 Å². The van der Waals surface area contributed by atoms with Crippen molar-refractivity contribution in [2.75, 3.05) is 12.4 Å². The van der Waals surface area contributed by atoms with Crippen LogP contribution in [0.3, 0.4) is 0 Å². The highest BCUT2D eigenvalue weighted by Gasteiger charge is 2.33. The number of carbonyl (C=O) groups is 2. The van der Waals surface area contributed by atoms with Gasteiger partial charge in [-0.1, -0.05) is 35.2 Å². The van der Waals surface area contributed by atoms with Gasteiger partial charge in [-0.15, -0.1) is 10.2 Å². The Hall–Kier alpha value is -2.34. The number of halogens is 3. The van der Waals surface area contributed by atoms with E-state index >= 15 is 0 Å². The van der Waals surface area contributed by atoms with Crippen LogP contribution < -0.4 is 10.6 Å². The molecule has 1 aromatic carbocycles. The molecule has 1 heterocycles. The van der Waals surface area contributed by atoms with Crippen LogP contribution in [-0.2, 0) is 15.7 Å². The summed E-state index contributed by atoms with van der Waals surface area (Å²) in [4.78, 5) is 22.8. The summed E-state index contributed by atoms with van der Waals surface area (Å²) in [7, 11) is 1.13. The number of hydrogen-bond acceptors (Lipinski definition) is 8. The predicted octanol–water partition coefficient (Wildman–Crippen LogP) is 3.66. The lowest BCUT2D eigenvalue weighted by molar-refractivity contribution is -0.137. The van der Waals surface area contributed by atoms with Crippen molar-refractivity contribution in [3.05, 3.63) is 29.8 Å². The number of nitrogens with one attached hydrogen (secondary N) is 2. The summed E-state index contributed by atoms with van der Waals surface area (Å²) >= 11 is 1.99. The van der Waals surface area contributed by atoms with Gasteiger partial charge in [0.15, 0.2) is 4.34 Å². The summed E-state index contributed by atoms with van der Waals surface area (Å²) in [5.74, 6) is -0.589. The second kappa shape index (κ2) is 8.36. The molecule has 0 aliphatic carbocycles. The molecule has 2 amide bonds. The first kappa shape index (κ1) is 20.0. The van der Waals surface area contributed by atoms with Gasteiger partial charge in [0.2, 0.25) is 11.0 Å². The molecule has 2 N–H and O–H groups in total. The van der Waals surface area contributed by atoms with E-state index in [0.29, 0.717) is 4.34 Å². The molecular weight excluding hydrogens is 393 g/mol. The lowest BCUT2D eigenvalue weighted by Gasteiger charge is -2.12. The Kier molecular flexibility index (Phi) is 6.42. The smallest absolute Gasteiger partial charge is 0.418 e. The number of anilines is 2. The number of benzene rings is 1. The van der Waals surface area contributed by atoms with Gasteiger partial charge in [-0.05, 0) is 19.1 Å². The van der Waals surface area contributed by atoms with E-state index < -0.39 is 29.0 Å². The van der Waals surface area contributed by atoms with Crippen molar-refractivity contribution < 1.29 is 27.5 Å². The normalized spacial score (nSPS) is 12.3. The zero-order valence-corrected chi connectivity index (χ0v) is 15.1. The molecule has 12 heteroatoms. The molecule has 26 heavy (non-hydrogen) atoms. The summed E-state index contributed by atoms with van der Waals surface area (Å²) in [5, 5.41) is 11.6. The second-order valence-corrected chi connectivity index (χ2v) is 7.35. The molecule has 0 saturated heterocycles. The molecule has 0 unspecified atom stereocenters. The standard InChI is InChI=1S/C14H13F3N4O3S2/c1-7(10(22)19-12(23)24-2)25-13-21-20-11(26-13)18-9-6-4-3-5-8(9)14(15,16)17/h3-7H,1-2H3,(H,18,20)(H,19,22,23)/t7-/m0/s1. The van der Waals surface area contributed by atoms with Gasteiger partial charge in [0.05, 0.1) is 23.6 Å². The number of rotatable bonds is 5. The zero-order chi connectivity index (χ0) is 19.3. The Morgan fingerprint density at radius 3 is 2.62 bits per heavy atom. The van der Waals surface area contributed by atoms with Gasteiger partial charge in [0.1, 0.15) is 0 Å². The summed E-state index contributed by atoms with van der Waals surface area (Å²) in [6.07, 6.45) is -5.39. The van der Waals surface area contributed by atoms with Crippen molar-refractivity contribution in [1.82, 2.24) is 15.5 Å². The minimum absolute atomic E-state index is 0.143. The Balaban J connectivity index is 2.05. The van der Waals surface area contributed by atoms with E-state index in [-0.39, 0.29) is 10.8 Å². The fraction of sp³-hybridized carbons (Fsp3) is 0.286. The van der Waals surface area contributed by atoms with Crippen LogP contribution in [0.1, 0.15) is 12.5 Å². The quantitative estimate of drug-likeness (QED) is 0.732. The Labute approximate surface area is 154 Å². The third-order valence-corrected chi connectivity index (χ3v) is 4.96. The van der Waals surface area contributed by atoms with E-state index in [9.17, 15) is 22.8 Å². The maximum absolute atomic E-state index is 13.0. The molecule has 0 radical (unpaired) electrons. The van der Waals surface area contributed by atoms with Crippen molar-refractivity contribution >= 4 is 45.9 Å². The first-order valence-corrected chi connectivity index (χ1v) is 8.72. The SMILES string of the molecule is COC(=O)NC(=O)[C@H](C)Sc1nnc(Nc2ccccc2C(F)(F)F)s1. The minimum atomic E-state index is -4.51. The minimum Gasteiger partial charge on any atom is -0.453 e. The number of methoxy groups -OCH3 is 1. The number of para-hydroxylation sites is 1. The molecule has 140 valence electrons. The number of alkyl halides is 3. The van der Waals surface area contributed by atoms with Gasteiger partial charge < -0.3 is 10.1 Å². The van der Waals surface area contributed by atoms with Gasteiger partial charge >= 0.3 is 12.3 Å². The average Bonchev–Trinajstić information content (AvgIpc) is 3.01.